The number of anilines is 1. The number of nitrogen functional groups attached to an aromatic ring is 1. The van der Waals surface area contributed by atoms with Crippen molar-refractivity contribution in [2.45, 2.75) is 88.9 Å². The van der Waals surface area contributed by atoms with E-state index in [-0.39, 0.29) is 39.5 Å². The van der Waals surface area contributed by atoms with Crippen LogP contribution in [0.3, 0.4) is 0 Å². The first kappa shape index (κ1) is 25.5. The number of benzene rings is 1. The summed E-state index contributed by atoms with van der Waals surface area (Å²) in [5.74, 6) is 0.266. The number of hydrogen-bond donors (Lipinski definition) is 1. The Bertz CT molecular complexity index is 1200. The molecule has 2 N–H and O–H groups in total. The third-order valence-electron chi connectivity index (χ3n) is 10.4. The molecule has 0 aliphatic heterocycles. The van der Waals surface area contributed by atoms with E-state index in [2.05, 4.69) is 19.9 Å². The summed E-state index contributed by atoms with van der Waals surface area (Å²) in [6.07, 6.45) is 8.25. The number of carbonyl (C=O) groups is 2. The number of carbonyl (C=O) groups excluding carboxylic acids is 2. The first-order chi connectivity index (χ1) is 16.9. The van der Waals surface area contributed by atoms with Crippen LogP contribution >= 0.6 is 0 Å². The van der Waals surface area contributed by atoms with Crippen LogP contribution < -0.4 is 5.73 Å². The van der Waals surface area contributed by atoms with E-state index in [1.165, 1.54) is 12.5 Å². The van der Waals surface area contributed by atoms with Crippen LogP contribution in [-0.2, 0) is 24.2 Å². The van der Waals surface area contributed by atoms with E-state index >= 15 is 0 Å². The van der Waals surface area contributed by atoms with Crippen molar-refractivity contribution >= 4 is 27.3 Å². The molecule has 8 atom stereocenters. The number of rotatable bonds is 4. The molecule has 0 amide bonds. The Morgan fingerprint density at radius 2 is 1.72 bits per heavy atom. The molecule has 1 aromatic rings. The lowest BCUT2D eigenvalue weighted by atomic mass is 9.47. The van der Waals surface area contributed by atoms with Crippen molar-refractivity contribution in [1.82, 2.24) is 0 Å². The van der Waals surface area contributed by atoms with Gasteiger partial charge in [0, 0.05) is 24.9 Å². The number of sulfone groups is 1. The van der Waals surface area contributed by atoms with Crippen LogP contribution in [0.25, 0.3) is 0 Å². The molecule has 0 heterocycles. The monoisotopic (exact) mass is 513 g/mol. The van der Waals surface area contributed by atoms with Gasteiger partial charge in [0.15, 0.2) is 9.84 Å². The number of nitrogens with two attached hydrogens (primary N) is 1. The number of Topliss-reactive ketones (excluding diaryl/α,β-unsaturated/α-hetero) is 1. The minimum atomic E-state index is -3.68. The van der Waals surface area contributed by atoms with Crippen LogP contribution in [0, 0.1) is 34.5 Å². The van der Waals surface area contributed by atoms with Crippen molar-refractivity contribution in [3.8, 4) is 0 Å². The lowest BCUT2D eigenvalue weighted by Crippen LogP contribution is -2.51. The molecule has 6 nitrogen and oxygen atoms in total. The molecular weight excluding hydrogens is 474 g/mol. The van der Waals surface area contributed by atoms with Crippen LogP contribution in [0.2, 0.25) is 0 Å². The van der Waals surface area contributed by atoms with Crippen LogP contribution in [0.4, 0.5) is 5.69 Å². The first-order valence-corrected chi connectivity index (χ1v) is 14.9. The molecule has 5 rings (SSSR count). The van der Waals surface area contributed by atoms with Gasteiger partial charge in [0.05, 0.1) is 10.1 Å². The summed E-state index contributed by atoms with van der Waals surface area (Å²) in [5, 5.41) is -0.703. The maximum Gasteiger partial charge on any atom is 0.302 e. The summed E-state index contributed by atoms with van der Waals surface area (Å²) >= 11 is 0. The van der Waals surface area contributed by atoms with Gasteiger partial charge >= 0.3 is 5.97 Å². The Hall–Kier alpha value is -2.15. The maximum absolute atomic E-state index is 13.9. The van der Waals surface area contributed by atoms with Gasteiger partial charge in [-0.05, 0) is 98.3 Å². The Morgan fingerprint density at radius 3 is 2.36 bits per heavy atom. The molecule has 0 spiro atoms. The molecule has 0 unspecified atom stereocenters. The van der Waals surface area contributed by atoms with Gasteiger partial charge in [-0.25, -0.2) is 8.42 Å². The fourth-order valence-corrected chi connectivity index (χ4v) is 11.0. The molecular formula is C29H39NO5S. The van der Waals surface area contributed by atoms with Gasteiger partial charge in [-0.15, -0.1) is 0 Å². The minimum absolute atomic E-state index is 0.0115. The number of esters is 1. The molecule has 4 aliphatic carbocycles. The van der Waals surface area contributed by atoms with Crippen LogP contribution in [0.1, 0.15) is 72.6 Å². The van der Waals surface area contributed by atoms with Gasteiger partial charge in [-0.2, -0.15) is 0 Å². The number of ketones is 1. The average molecular weight is 514 g/mol. The quantitative estimate of drug-likeness (QED) is 0.340. The second-order valence-electron chi connectivity index (χ2n) is 12.3. The topological polar surface area (TPSA) is 104 Å². The lowest BCUT2D eigenvalue weighted by molar-refractivity contribution is -0.149. The number of fused-ring (bicyclic) bond motifs is 5. The second-order valence-corrected chi connectivity index (χ2v) is 14.4. The fourth-order valence-electron chi connectivity index (χ4n) is 8.82. The van der Waals surface area contributed by atoms with Crippen LogP contribution in [0.15, 0.2) is 40.8 Å². The molecule has 7 heteroatoms. The molecule has 3 saturated carbocycles. The zero-order chi connectivity index (χ0) is 26.0. The second kappa shape index (κ2) is 8.71. The Labute approximate surface area is 215 Å². The van der Waals surface area contributed by atoms with Crippen molar-refractivity contribution in [3.63, 3.8) is 0 Å². The third kappa shape index (κ3) is 3.84. The average Bonchev–Trinajstić information content (AvgIpc) is 3.13. The summed E-state index contributed by atoms with van der Waals surface area (Å²) in [7, 11) is -3.68. The summed E-state index contributed by atoms with van der Waals surface area (Å²) in [6.45, 7) is 7.59. The molecule has 1 aromatic carbocycles. The zero-order valence-electron chi connectivity index (χ0n) is 21.8. The van der Waals surface area contributed by atoms with Crippen LogP contribution in [0.5, 0.6) is 0 Å². The van der Waals surface area contributed by atoms with E-state index in [0.29, 0.717) is 23.9 Å². The number of allylic oxidation sites excluding steroid dienone is 1. The van der Waals surface area contributed by atoms with Crippen molar-refractivity contribution in [3.05, 3.63) is 35.9 Å². The molecule has 0 bridgehead atoms. The highest BCUT2D eigenvalue weighted by atomic mass is 32.2. The van der Waals surface area contributed by atoms with E-state index in [4.69, 9.17) is 10.5 Å². The van der Waals surface area contributed by atoms with E-state index in [9.17, 15) is 18.0 Å². The van der Waals surface area contributed by atoms with Gasteiger partial charge < -0.3 is 10.5 Å². The van der Waals surface area contributed by atoms with Gasteiger partial charge in [-0.1, -0.05) is 25.5 Å². The summed E-state index contributed by atoms with van der Waals surface area (Å²) in [6, 6.07) is 6.39. The van der Waals surface area contributed by atoms with Crippen molar-refractivity contribution < 1.29 is 22.7 Å². The SMILES string of the molecule is CC(=O)O[C@H]1CC[C@@]2(C)C(=CC[C@H]3[C@@H]4C[C@@H](S(=O)(=O)c5ccc(N)cc5)[C@H](C(C)=O)[C@@]4(C)CC[C@@H]32)C1. The Kier molecular flexibility index (Phi) is 6.17. The van der Waals surface area contributed by atoms with Gasteiger partial charge in [0.25, 0.3) is 0 Å². The minimum Gasteiger partial charge on any atom is -0.462 e. The standard InChI is InChI=1S/C29H39NO5S/c1-17(31)27-26(36(33,34)22-8-6-20(30)7-9-22)16-25-23-10-5-19-15-21(35-18(2)32)11-13-28(19,3)24(23)12-14-29(25,27)4/h5-9,21,23-27H,10-16,30H2,1-4H3/t21-,23+,24-,25-,26+,27-,28-,29-/m0/s1. The smallest absolute Gasteiger partial charge is 0.302 e. The van der Waals surface area contributed by atoms with E-state index in [1.54, 1.807) is 31.2 Å². The van der Waals surface area contributed by atoms with Crippen LogP contribution in [-0.4, -0.2) is 31.5 Å². The highest BCUT2D eigenvalue weighted by Gasteiger charge is 2.64. The maximum atomic E-state index is 13.9. The summed E-state index contributed by atoms with van der Waals surface area (Å²) in [4.78, 5) is 24.9. The molecule has 0 aromatic heterocycles. The number of ether oxygens (including phenoxy) is 1. The Morgan fingerprint density at radius 1 is 1.03 bits per heavy atom. The molecule has 196 valence electrons. The van der Waals surface area contributed by atoms with Crippen molar-refractivity contribution in [2.24, 2.45) is 34.5 Å². The Balaban J connectivity index is 1.48. The largest absolute Gasteiger partial charge is 0.462 e. The third-order valence-corrected chi connectivity index (χ3v) is 12.6. The highest BCUT2D eigenvalue weighted by molar-refractivity contribution is 7.92. The zero-order valence-corrected chi connectivity index (χ0v) is 22.6. The summed E-state index contributed by atoms with van der Waals surface area (Å²) < 4.78 is 33.3. The number of hydrogen-bond acceptors (Lipinski definition) is 6. The molecule has 3 fully saturated rings. The van der Waals surface area contributed by atoms with Crippen molar-refractivity contribution in [2.75, 3.05) is 5.73 Å². The summed E-state index contributed by atoms with van der Waals surface area (Å²) in [5.41, 5.74) is 7.45. The molecule has 36 heavy (non-hydrogen) atoms. The van der Waals surface area contributed by atoms with Crippen molar-refractivity contribution in [1.29, 1.82) is 0 Å². The predicted octanol–water partition coefficient (Wildman–Crippen LogP) is 5.12. The normalized spacial score (nSPS) is 39.8. The predicted molar refractivity (Wildman–Crippen MR) is 139 cm³/mol. The molecule has 0 radical (unpaired) electrons. The van der Waals surface area contributed by atoms with Gasteiger partial charge in [0.1, 0.15) is 11.9 Å². The van der Waals surface area contributed by atoms with E-state index < -0.39 is 21.0 Å². The molecule has 4 aliphatic rings. The van der Waals surface area contributed by atoms with Gasteiger partial charge in [0.2, 0.25) is 0 Å². The fraction of sp³-hybridized carbons (Fsp3) is 0.655. The lowest BCUT2D eigenvalue weighted by Gasteiger charge is -2.57. The van der Waals surface area contributed by atoms with E-state index in [1.807, 2.05) is 0 Å². The molecule has 0 saturated heterocycles. The van der Waals surface area contributed by atoms with E-state index in [0.717, 1.165) is 38.5 Å². The highest BCUT2D eigenvalue weighted by Crippen LogP contribution is 2.67. The van der Waals surface area contributed by atoms with Gasteiger partial charge in [-0.3, -0.25) is 9.59 Å². The first-order valence-electron chi connectivity index (χ1n) is 13.3.